The molecule has 3 aliphatic rings. The molecule has 2 heteroatoms. The third-order valence-electron chi connectivity index (χ3n) is 6.02. The molecule has 20 heavy (non-hydrogen) atoms. The van der Waals surface area contributed by atoms with Crippen LogP contribution in [0, 0.1) is 11.8 Å². The predicted octanol–water partition coefficient (Wildman–Crippen LogP) is 4.86. The molecule has 1 aromatic rings. The normalized spacial score (nSPS) is 40.1. The zero-order valence-electron chi connectivity index (χ0n) is 12.0. The van der Waals surface area contributed by atoms with Gasteiger partial charge in [-0.1, -0.05) is 40.9 Å². The number of fused-ring (bicyclic) bond motifs is 3. The molecule has 1 aromatic carbocycles. The fraction of sp³-hybridized carbons (Fsp3) is 0.667. The summed E-state index contributed by atoms with van der Waals surface area (Å²) < 4.78 is 1.23. The van der Waals surface area contributed by atoms with Gasteiger partial charge in [0.1, 0.15) is 0 Å². The Balaban J connectivity index is 1.53. The minimum atomic E-state index is 0.788. The van der Waals surface area contributed by atoms with E-state index >= 15 is 0 Å². The van der Waals surface area contributed by atoms with Crippen molar-refractivity contribution in [3.05, 3.63) is 34.3 Å². The lowest BCUT2D eigenvalue weighted by Gasteiger charge is -2.35. The summed E-state index contributed by atoms with van der Waals surface area (Å²) in [6.45, 7) is 0. The van der Waals surface area contributed by atoms with E-state index in [1.165, 1.54) is 49.4 Å². The quantitative estimate of drug-likeness (QED) is 0.773. The Bertz CT molecular complexity index is 486. The Morgan fingerprint density at radius 1 is 0.950 bits per heavy atom. The number of hydrogen-bond acceptors (Lipinski definition) is 1. The number of nitrogens with one attached hydrogen (secondary N) is 1. The first kappa shape index (κ1) is 13.3. The van der Waals surface area contributed by atoms with Crippen molar-refractivity contribution in [2.24, 2.45) is 11.8 Å². The van der Waals surface area contributed by atoms with Crippen LogP contribution in [0.25, 0.3) is 0 Å². The van der Waals surface area contributed by atoms with Gasteiger partial charge < -0.3 is 5.32 Å². The largest absolute Gasteiger partial charge is 0.311 e. The first-order valence-corrected chi connectivity index (χ1v) is 9.12. The highest BCUT2D eigenvalue weighted by molar-refractivity contribution is 9.10. The average molecular weight is 334 g/mol. The van der Waals surface area contributed by atoms with Crippen molar-refractivity contribution in [3.8, 4) is 0 Å². The lowest BCUT2D eigenvalue weighted by molar-refractivity contribution is 0.216. The van der Waals surface area contributed by atoms with Gasteiger partial charge in [0, 0.05) is 16.6 Å². The lowest BCUT2D eigenvalue weighted by Crippen LogP contribution is -2.34. The number of benzene rings is 1. The van der Waals surface area contributed by atoms with Crippen LogP contribution < -0.4 is 5.32 Å². The molecule has 5 unspecified atom stereocenters. The summed E-state index contributed by atoms with van der Waals surface area (Å²) >= 11 is 3.63. The molecule has 3 fully saturated rings. The van der Waals surface area contributed by atoms with E-state index < -0.39 is 0 Å². The lowest BCUT2D eigenvalue weighted by atomic mass is 9.69. The minimum absolute atomic E-state index is 0.788. The van der Waals surface area contributed by atoms with E-state index in [0.717, 1.165) is 29.8 Å². The fourth-order valence-electron chi connectivity index (χ4n) is 5.10. The highest BCUT2D eigenvalue weighted by Gasteiger charge is 2.46. The molecule has 5 atom stereocenters. The van der Waals surface area contributed by atoms with Crippen LogP contribution in [0.4, 0.5) is 0 Å². The molecule has 0 radical (unpaired) electrons. The molecule has 0 spiro atoms. The van der Waals surface area contributed by atoms with E-state index in [4.69, 9.17) is 0 Å². The highest BCUT2D eigenvalue weighted by Crippen LogP contribution is 2.48. The van der Waals surface area contributed by atoms with Crippen molar-refractivity contribution in [1.82, 2.24) is 5.32 Å². The summed E-state index contributed by atoms with van der Waals surface area (Å²) in [7, 11) is 0. The first-order valence-electron chi connectivity index (χ1n) is 8.33. The van der Waals surface area contributed by atoms with Crippen molar-refractivity contribution in [3.63, 3.8) is 0 Å². The monoisotopic (exact) mass is 333 g/mol. The Morgan fingerprint density at radius 2 is 1.80 bits per heavy atom. The Kier molecular flexibility index (Phi) is 3.64. The molecule has 4 rings (SSSR count). The zero-order chi connectivity index (χ0) is 13.5. The van der Waals surface area contributed by atoms with Crippen LogP contribution >= 0.6 is 15.9 Å². The van der Waals surface area contributed by atoms with E-state index in [0.29, 0.717) is 0 Å². The number of halogens is 1. The van der Waals surface area contributed by atoms with Gasteiger partial charge in [-0.2, -0.15) is 0 Å². The molecule has 1 heterocycles. The topological polar surface area (TPSA) is 12.0 Å². The van der Waals surface area contributed by atoms with Crippen molar-refractivity contribution in [2.45, 2.75) is 62.9 Å². The second-order valence-electron chi connectivity index (χ2n) is 7.06. The zero-order valence-corrected chi connectivity index (χ0v) is 13.6. The minimum Gasteiger partial charge on any atom is -0.311 e. The molecular weight excluding hydrogens is 310 g/mol. The maximum absolute atomic E-state index is 3.97. The van der Waals surface area contributed by atoms with Gasteiger partial charge in [-0.25, -0.2) is 0 Å². The van der Waals surface area contributed by atoms with E-state index in [9.17, 15) is 0 Å². The summed E-state index contributed by atoms with van der Waals surface area (Å²) in [5, 5.41) is 3.97. The van der Waals surface area contributed by atoms with Crippen LogP contribution in [0.2, 0.25) is 0 Å². The van der Waals surface area contributed by atoms with Crippen LogP contribution in [-0.4, -0.2) is 12.1 Å². The Labute approximate surface area is 130 Å². The van der Waals surface area contributed by atoms with Gasteiger partial charge in [0.25, 0.3) is 0 Å². The summed E-state index contributed by atoms with van der Waals surface area (Å²) in [4.78, 5) is 0. The summed E-state index contributed by atoms with van der Waals surface area (Å²) in [5.74, 6) is 2.71. The highest BCUT2D eigenvalue weighted by atomic mass is 79.9. The van der Waals surface area contributed by atoms with E-state index in [1.807, 2.05) is 0 Å². The molecule has 108 valence electrons. The third kappa shape index (κ3) is 2.35. The maximum atomic E-state index is 3.97. The van der Waals surface area contributed by atoms with E-state index in [2.05, 4.69) is 45.5 Å². The SMILES string of the molecule is Brc1cccc(C2CCC3NC4CCCCC4C3C2)c1. The van der Waals surface area contributed by atoms with Gasteiger partial charge >= 0.3 is 0 Å². The molecule has 0 amide bonds. The molecule has 1 nitrogen and oxygen atoms in total. The molecule has 1 aliphatic heterocycles. The van der Waals surface area contributed by atoms with Gasteiger partial charge in [0.15, 0.2) is 0 Å². The van der Waals surface area contributed by atoms with Crippen molar-refractivity contribution >= 4 is 15.9 Å². The average Bonchev–Trinajstić information content (AvgIpc) is 2.85. The van der Waals surface area contributed by atoms with Gasteiger partial charge in [-0.05, 0) is 67.6 Å². The summed E-state index contributed by atoms with van der Waals surface area (Å²) in [5.41, 5.74) is 1.55. The number of rotatable bonds is 1. The molecule has 2 aliphatic carbocycles. The first-order chi connectivity index (χ1) is 9.81. The van der Waals surface area contributed by atoms with Crippen molar-refractivity contribution in [1.29, 1.82) is 0 Å². The Hall–Kier alpha value is -0.340. The van der Waals surface area contributed by atoms with Crippen LogP contribution in [0.15, 0.2) is 28.7 Å². The fourth-order valence-corrected chi connectivity index (χ4v) is 5.52. The van der Waals surface area contributed by atoms with Crippen molar-refractivity contribution < 1.29 is 0 Å². The second-order valence-corrected chi connectivity index (χ2v) is 7.97. The molecule has 0 aromatic heterocycles. The Morgan fingerprint density at radius 3 is 2.70 bits per heavy atom. The molecule has 1 saturated heterocycles. The molecule has 1 N–H and O–H groups in total. The predicted molar refractivity (Wildman–Crippen MR) is 86.9 cm³/mol. The van der Waals surface area contributed by atoms with Crippen molar-refractivity contribution in [2.75, 3.05) is 0 Å². The third-order valence-corrected chi connectivity index (χ3v) is 6.51. The van der Waals surface area contributed by atoms with Crippen LogP contribution in [0.3, 0.4) is 0 Å². The smallest absolute Gasteiger partial charge is 0.0178 e. The second kappa shape index (κ2) is 5.46. The maximum Gasteiger partial charge on any atom is 0.0178 e. The number of hydrogen-bond donors (Lipinski definition) is 1. The van der Waals surface area contributed by atoms with E-state index in [1.54, 1.807) is 5.56 Å². The molecular formula is C18H24BrN. The summed E-state index contributed by atoms with van der Waals surface area (Å²) in [6, 6.07) is 10.7. The van der Waals surface area contributed by atoms with Gasteiger partial charge in [-0.3, -0.25) is 0 Å². The van der Waals surface area contributed by atoms with Gasteiger partial charge in [-0.15, -0.1) is 0 Å². The van der Waals surface area contributed by atoms with Crippen LogP contribution in [0.5, 0.6) is 0 Å². The van der Waals surface area contributed by atoms with Crippen LogP contribution in [0.1, 0.15) is 56.4 Å². The van der Waals surface area contributed by atoms with E-state index in [-0.39, 0.29) is 0 Å². The molecule has 0 bridgehead atoms. The standard InChI is InChI=1S/C18H24BrN/c19-14-5-3-4-12(10-14)13-8-9-18-16(11-13)15-6-1-2-7-17(15)20-18/h3-5,10,13,15-18,20H,1-2,6-9,11H2. The summed E-state index contributed by atoms with van der Waals surface area (Å²) in [6.07, 6.45) is 9.98. The van der Waals surface area contributed by atoms with Crippen LogP contribution in [-0.2, 0) is 0 Å². The van der Waals surface area contributed by atoms with Gasteiger partial charge in [0.2, 0.25) is 0 Å². The molecule has 2 saturated carbocycles. The van der Waals surface area contributed by atoms with Gasteiger partial charge in [0.05, 0.1) is 0 Å².